The van der Waals surface area contributed by atoms with Gasteiger partial charge in [0.1, 0.15) is 17.9 Å². The zero-order valence-electron chi connectivity index (χ0n) is 19.4. The molecule has 0 saturated carbocycles. The number of ether oxygens (including phenoxy) is 2. The second kappa shape index (κ2) is 9.81. The van der Waals surface area contributed by atoms with Gasteiger partial charge in [-0.25, -0.2) is 4.98 Å². The largest absolute Gasteiger partial charge is 0.492 e. The Kier molecular flexibility index (Phi) is 6.46. The van der Waals surface area contributed by atoms with Crippen molar-refractivity contribution < 1.29 is 13.9 Å². The smallest absolute Gasteiger partial charge is 0.227 e. The average Bonchev–Trinajstić information content (AvgIpc) is 3.29. The molecule has 0 aliphatic carbocycles. The average molecular weight is 446 g/mol. The topological polar surface area (TPSA) is 51.0 Å². The van der Waals surface area contributed by atoms with Crippen molar-refractivity contribution >= 4 is 27.6 Å². The highest BCUT2D eigenvalue weighted by Crippen LogP contribution is 2.30. The van der Waals surface area contributed by atoms with Crippen LogP contribution >= 0.6 is 0 Å². The minimum absolute atomic E-state index is 0.648. The maximum atomic E-state index is 6.14. The summed E-state index contributed by atoms with van der Waals surface area (Å²) < 4.78 is 17.5. The molecule has 0 spiro atoms. The molecule has 0 unspecified atom stereocenters. The minimum atomic E-state index is 0.648. The van der Waals surface area contributed by atoms with E-state index in [0.29, 0.717) is 12.5 Å². The van der Waals surface area contributed by atoms with Gasteiger partial charge in [-0.3, -0.25) is 4.90 Å². The molecule has 1 saturated heterocycles. The molecule has 1 aliphatic rings. The molecule has 6 heteroatoms. The minimum Gasteiger partial charge on any atom is -0.492 e. The summed E-state index contributed by atoms with van der Waals surface area (Å²) in [6.07, 6.45) is 0. The van der Waals surface area contributed by atoms with Crippen LogP contribution in [0.5, 0.6) is 5.75 Å². The molecule has 4 aromatic rings. The molecular formula is C27H31N3O3. The summed E-state index contributed by atoms with van der Waals surface area (Å²) in [5.41, 5.74) is 3.84. The third kappa shape index (κ3) is 4.82. The van der Waals surface area contributed by atoms with E-state index in [2.05, 4.69) is 66.1 Å². The maximum Gasteiger partial charge on any atom is 0.227 e. The van der Waals surface area contributed by atoms with E-state index in [1.807, 2.05) is 12.1 Å². The molecule has 6 nitrogen and oxygen atoms in total. The molecule has 5 rings (SSSR count). The highest BCUT2D eigenvalue weighted by molar-refractivity contribution is 5.88. The van der Waals surface area contributed by atoms with Crippen LogP contribution in [0.1, 0.15) is 13.8 Å². The molecule has 0 radical (unpaired) electrons. The number of rotatable bonds is 8. The van der Waals surface area contributed by atoms with Crippen molar-refractivity contribution in [2.24, 2.45) is 0 Å². The van der Waals surface area contributed by atoms with Crippen LogP contribution < -0.4 is 9.64 Å². The molecule has 1 fully saturated rings. The maximum absolute atomic E-state index is 6.14. The standard InChI is InChI=1S/C27H31N3O3/c1-3-30(4-2)23-8-10-25-26(19-23)33-27(28-25)22-6-5-21-18-24(9-7-20(21)17-22)32-16-13-29-11-14-31-15-12-29/h5-10,17-19H,3-4,11-16H2,1-2H3. The monoisotopic (exact) mass is 445 g/mol. The number of anilines is 1. The van der Waals surface area contributed by atoms with Gasteiger partial charge in [0.2, 0.25) is 5.89 Å². The summed E-state index contributed by atoms with van der Waals surface area (Å²) >= 11 is 0. The number of aromatic nitrogens is 1. The van der Waals surface area contributed by atoms with Crippen LogP contribution in [-0.2, 0) is 4.74 Å². The number of benzene rings is 3. The van der Waals surface area contributed by atoms with E-state index >= 15 is 0 Å². The Morgan fingerprint density at radius 1 is 0.939 bits per heavy atom. The Balaban J connectivity index is 1.31. The highest BCUT2D eigenvalue weighted by atomic mass is 16.5. The summed E-state index contributed by atoms with van der Waals surface area (Å²) in [5, 5.41) is 2.28. The number of hydrogen-bond donors (Lipinski definition) is 0. The third-order valence-electron chi connectivity index (χ3n) is 6.34. The van der Waals surface area contributed by atoms with E-state index in [0.717, 1.165) is 84.8 Å². The molecule has 172 valence electrons. The summed E-state index contributed by atoms with van der Waals surface area (Å²) in [4.78, 5) is 9.40. The lowest BCUT2D eigenvalue weighted by atomic mass is 10.1. The lowest BCUT2D eigenvalue weighted by molar-refractivity contribution is 0.0322. The molecular weight excluding hydrogens is 414 g/mol. The quantitative estimate of drug-likeness (QED) is 0.371. The lowest BCUT2D eigenvalue weighted by Crippen LogP contribution is -2.38. The van der Waals surface area contributed by atoms with E-state index in [1.165, 1.54) is 0 Å². The predicted octanol–water partition coefficient (Wildman–Crippen LogP) is 5.21. The molecule has 0 bridgehead atoms. The predicted molar refractivity (Wildman–Crippen MR) is 133 cm³/mol. The van der Waals surface area contributed by atoms with Crippen LogP contribution in [0.25, 0.3) is 33.3 Å². The first-order valence-corrected chi connectivity index (χ1v) is 11.9. The Labute approximate surface area is 194 Å². The van der Waals surface area contributed by atoms with Crippen molar-refractivity contribution in [2.45, 2.75) is 13.8 Å². The van der Waals surface area contributed by atoms with E-state index < -0.39 is 0 Å². The fourth-order valence-corrected chi connectivity index (χ4v) is 4.39. The fraction of sp³-hybridized carbons (Fsp3) is 0.370. The Hall–Kier alpha value is -3.09. The van der Waals surface area contributed by atoms with Gasteiger partial charge in [-0.2, -0.15) is 0 Å². The van der Waals surface area contributed by atoms with Gasteiger partial charge in [-0.05, 0) is 61.0 Å². The first kappa shape index (κ1) is 21.7. The summed E-state index contributed by atoms with van der Waals surface area (Å²) in [6.45, 7) is 11.5. The van der Waals surface area contributed by atoms with Crippen molar-refractivity contribution in [2.75, 3.05) is 57.4 Å². The van der Waals surface area contributed by atoms with Gasteiger partial charge in [0.15, 0.2) is 5.58 Å². The molecule has 1 aromatic heterocycles. The van der Waals surface area contributed by atoms with Crippen LogP contribution in [0.15, 0.2) is 59.0 Å². The first-order chi connectivity index (χ1) is 16.2. The molecule has 0 N–H and O–H groups in total. The van der Waals surface area contributed by atoms with Crippen molar-refractivity contribution in [3.8, 4) is 17.2 Å². The zero-order chi connectivity index (χ0) is 22.6. The van der Waals surface area contributed by atoms with Crippen LogP contribution in [0.3, 0.4) is 0 Å². The number of hydrogen-bond acceptors (Lipinski definition) is 6. The molecule has 1 aliphatic heterocycles. The van der Waals surface area contributed by atoms with Gasteiger partial charge in [-0.15, -0.1) is 0 Å². The Morgan fingerprint density at radius 3 is 2.55 bits per heavy atom. The van der Waals surface area contributed by atoms with Gasteiger partial charge in [0.05, 0.1) is 13.2 Å². The molecule has 3 aromatic carbocycles. The number of morpholine rings is 1. The SMILES string of the molecule is CCN(CC)c1ccc2nc(-c3ccc4cc(OCCN5CCOCC5)ccc4c3)oc2c1. The summed E-state index contributed by atoms with van der Waals surface area (Å²) in [6, 6.07) is 18.8. The van der Waals surface area contributed by atoms with Gasteiger partial charge < -0.3 is 18.8 Å². The Bertz CT molecular complexity index is 1230. The van der Waals surface area contributed by atoms with Gasteiger partial charge in [-0.1, -0.05) is 12.1 Å². The van der Waals surface area contributed by atoms with Crippen LogP contribution in [0.4, 0.5) is 5.69 Å². The van der Waals surface area contributed by atoms with Crippen molar-refractivity contribution in [3.05, 3.63) is 54.6 Å². The van der Waals surface area contributed by atoms with E-state index in [4.69, 9.17) is 18.9 Å². The van der Waals surface area contributed by atoms with Gasteiger partial charge in [0.25, 0.3) is 0 Å². The number of nitrogens with zero attached hydrogens (tertiary/aromatic N) is 3. The van der Waals surface area contributed by atoms with Crippen LogP contribution in [0.2, 0.25) is 0 Å². The number of oxazole rings is 1. The molecule has 0 atom stereocenters. The highest BCUT2D eigenvalue weighted by Gasteiger charge is 2.12. The van der Waals surface area contributed by atoms with Crippen molar-refractivity contribution in [1.29, 1.82) is 0 Å². The van der Waals surface area contributed by atoms with E-state index in [9.17, 15) is 0 Å². The molecule has 33 heavy (non-hydrogen) atoms. The first-order valence-electron chi connectivity index (χ1n) is 11.9. The zero-order valence-corrected chi connectivity index (χ0v) is 19.4. The van der Waals surface area contributed by atoms with Crippen molar-refractivity contribution in [1.82, 2.24) is 9.88 Å². The van der Waals surface area contributed by atoms with Gasteiger partial charge in [0, 0.05) is 50.0 Å². The fourth-order valence-electron chi connectivity index (χ4n) is 4.39. The second-order valence-corrected chi connectivity index (χ2v) is 8.37. The van der Waals surface area contributed by atoms with Gasteiger partial charge >= 0.3 is 0 Å². The molecule has 2 heterocycles. The second-order valence-electron chi connectivity index (χ2n) is 8.37. The Morgan fingerprint density at radius 2 is 1.73 bits per heavy atom. The van der Waals surface area contributed by atoms with Crippen LogP contribution in [0, 0.1) is 0 Å². The van der Waals surface area contributed by atoms with E-state index in [-0.39, 0.29) is 0 Å². The summed E-state index contributed by atoms with van der Waals surface area (Å²) in [7, 11) is 0. The number of fused-ring (bicyclic) bond motifs is 2. The normalized spacial score (nSPS) is 14.7. The van der Waals surface area contributed by atoms with E-state index in [1.54, 1.807) is 0 Å². The summed E-state index contributed by atoms with van der Waals surface area (Å²) in [5.74, 6) is 1.55. The lowest BCUT2D eigenvalue weighted by Gasteiger charge is -2.26. The molecule has 0 amide bonds. The third-order valence-corrected chi connectivity index (χ3v) is 6.34. The van der Waals surface area contributed by atoms with Crippen LogP contribution in [-0.4, -0.2) is 62.4 Å². The van der Waals surface area contributed by atoms with Crippen molar-refractivity contribution in [3.63, 3.8) is 0 Å².